The molecule has 0 radical (unpaired) electrons. The Balaban J connectivity index is 3.31. The van der Waals surface area contributed by atoms with Crippen molar-refractivity contribution in [2.75, 3.05) is 5.73 Å². The van der Waals surface area contributed by atoms with Crippen molar-refractivity contribution in [3.05, 3.63) is 28.3 Å². The van der Waals surface area contributed by atoms with Gasteiger partial charge in [-0.1, -0.05) is 11.6 Å². The van der Waals surface area contributed by atoms with Crippen LogP contribution in [0.25, 0.3) is 0 Å². The first-order valence-electron chi connectivity index (χ1n) is 4.05. The van der Waals surface area contributed by atoms with Crippen molar-refractivity contribution in [3.8, 4) is 0 Å². The lowest BCUT2D eigenvalue weighted by atomic mass is 10.0. The highest BCUT2D eigenvalue weighted by molar-refractivity contribution is 6.31. The second-order valence-electron chi connectivity index (χ2n) is 2.92. The zero-order valence-corrected chi connectivity index (χ0v) is 8.51. The molecule has 0 saturated carbocycles. The lowest BCUT2D eigenvalue weighted by Crippen LogP contribution is -2.09. The van der Waals surface area contributed by atoms with Crippen LogP contribution >= 0.6 is 11.6 Å². The van der Waals surface area contributed by atoms with Crippen LogP contribution in [0.5, 0.6) is 0 Å². The maximum Gasteiger partial charge on any atom is 0.102 e. The quantitative estimate of drug-likeness (QED) is 0.407. The number of nitrogens with two attached hydrogens (primary N) is 2. The molecule has 0 bridgehead atoms. The summed E-state index contributed by atoms with van der Waals surface area (Å²) in [5, 5.41) is 7.73. The molecule has 4 nitrogen and oxygen atoms in total. The van der Waals surface area contributed by atoms with E-state index < -0.39 is 0 Å². The molecule has 1 unspecified atom stereocenters. The van der Waals surface area contributed by atoms with Crippen molar-refractivity contribution < 1.29 is 4.84 Å². The Morgan fingerprint density at radius 2 is 2.21 bits per heavy atom. The molecule has 0 heterocycles. The highest BCUT2D eigenvalue weighted by atomic mass is 35.5. The van der Waals surface area contributed by atoms with Gasteiger partial charge in [-0.3, -0.25) is 4.84 Å². The molecule has 0 saturated heterocycles. The fourth-order valence-corrected chi connectivity index (χ4v) is 1.47. The molecule has 0 spiro atoms. The molecule has 0 fully saturated rings. The maximum atomic E-state index is 7.22. The predicted octanol–water partition coefficient (Wildman–Crippen LogP) is 1.87. The Morgan fingerprint density at radius 1 is 1.57 bits per heavy atom. The number of hydrogen-bond donors (Lipinski definition) is 3. The monoisotopic (exact) mass is 213 g/mol. The minimum Gasteiger partial charge on any atom is -0.398 e. The summed E-state index contributed by atoms with van der Waals surface area (Å²) in [4.78, 5) is 4.67. The number of benzene rings is 1. The van der Waals surface area contributed by atoms with Crippen LogP contribution in [-0.2, 0) is 4.84 Å². The van der Waals surface area contributed by atoms with E-state index in [2.05, 4.69) is 4.84 Å². The van der Waals surface area contributed by atoms with Crippen LogP contribution < -0.4 is 11.6 Å². The van der Waals surface area contributed by atoms with Crippen LogP contribution in [0.3, 0.4) is 0 Å². The highest BCUT2D eigenvalue weighted by Gasteiger charge is 2.12. The fraction of sp³-hybridized carbons (Fsp3) is 0.222. The van der Waals surface area contributed by atoms with Crippen LogP contribution in [0, 0.1) is 5.41 Å². The van der Waals surface area contributed by atoms with Gasteiger partial charge < -0.3 is 11.1 Å². The standard InChI is InChI=1S/C9H12ClN3O/c1-5(14-13)7-2-6(10)3-9(12)8(7)4-11/h2-5,11H,12-13H2,1H3. The van der Waals surface area contributed by atoms with Crippen molar-refractivity contribution in [2.45, 2.75) is 13.0 Å². The van der Waals surface area contributed by atoms with Crippen LogP contribution in [0.15, 0.2) is 12.1 Å². The molecule has 14 heavy (non-hydrogen) atoms. The number of nitrogens with one attached hydrogen (secondary N) is 1. The molecule has 0 aliphatic carbocycles. The van der Waals surface area contributed by atoms with E-state index in [-0.39, 0.29) is 6.10 Å². The van der Waals surface area contributed by atoms with Gasteiger partial charge in [-0.25, -0.2) is 5.90 Å². The third kappa shape index (κ3) is 2.04. The largest absolute Gasteiger partial charge is 0.398 e. The molecule has 1 rings (SSSR count). The summed E-state index contributed by atoms with van der Waals surface area (Å²) in [7, 11) is 0. The lowest BCUT2D eigenvalue weighted by molar-refractivity contribution is 0.0664. The van der Waals surface area contributed by atoms with Crippen LogP contribution in [0.4, 0.5) is 5.69 Å². The number of nitrogen functional groups attached to an aromatic ring is 1. The third-order valence-electron chi connectivity index (χ3n) is 2.00. The summed E-state index contributed by atoms with van der Waals surface area (Å²) >= 11 is 5.83. The van der Waals surface area contributed by atoms with E-state index >= 15 is 0 Å². The Morgan fingerprint density at radius 3 is 2.71 bits per heavy atom. The minimum absolute atomic E-state index is 0.340. The van der Waals surface area contributed by atoms with E-state index in [1.165, 1.54) is 0 Å². The van der Waals surface area contributed by atoms with Gasteiger partial charge in [0.1, 0.15) is 6.10 Å². The Hall–Kier alpha value is -1.10. The Bertz CT molecular complexity index is 354. The van der Waals surface area contributed by atoms with E-state index in [0.29, 0.717) is 21.8 Å². The second kappa shape index (κ2) is 4.41. The smallest absolute Gasteiger partial charge is 0.102 e. The van der Waals surface area contributed by atoms with E-state index in [4.69, 9.17) is 28.6 Å². The minimum atomic E-state index is -0.340. The summed E-state index contributed by atoms with van der Waals surface area (Å²) in [5.74, 6) is 5.07. The van der Waals surface area contributed by atoms with Crippen LogP contribution in [0.1, 0.15) is 24.2 Å². The summed E-state index contributed by atoms with van der Waals surface area (Å²) in [6, 6.07) is 3.28. The van der Waals surface area contributed by atoms with Crippen molar-refractivity contribution in [2.24, 2.45) is 5.90 Å². The Kier molecular flexibility index (Phi) is 3.46. The second-order valence-corrected chi connectivity index (χ2v) is 3.36. The van der Waals surface area contributed by atoms with E-state index in [1.807, 2.05) is 0 Å². The van der Waals surface area contributed by atoms with Gasteiger partial charge in [0.2, 0.25) is 0 Å². The van der Waals surface area contributed by atoms with Crippen LogP contribution in [-0.4, -0.2) is 6.21 Å². The van der Waals surface area contributed by atoms with Gasteiger partial charge in [0.05, 0.1) is 0 Å². The maximum absolute atomic E-state index is 7.22. The third-order valence-corrected chi connectivity index (χ3v) is 2.21. The highest BCUT2D eigenvalue weighted by Crippen LogP contribution is 2.27. The molecule has 1 aromatic carbocycles. The Labute approximate surface area is 87.3 Å². The first-order valence-corrected chi connectivity index (χ1v) is 4.43. The fourth-order valence-electron chi connectivity index (χ4n) is 1.24. The number of rotatable bonds is 3. The molecule has 1 aromatic rings. The van der Waals surface area contributed by atoms with Crippen molar-refractivity contribution in [3.63, 3.8) is 0 Å². The molecule has 0 aromatic heterocycles. The molecule has 0 amide bonds. The van der Waals surface area contributed by atoms with Crippen molar-refractivity contribution in [1.29, 1.82) is 5.41 Å². The molecule has 76 valence electrons. The number of anilines is 1. The SMILES string of the molecule is CC(ON)c1cc(Cl)cc(N)c1C=N. The molecular formula is C9H12ClN3O. The molecule has 5 N–H and O–H groups in total. The van der Waals surface area contributed by atoms with Crippen molar-refractivity contribution >= 4 is 23.5 Å². The first kappa shape index (κ1) is 11.0. The zero-order valence-electron chi connectivity index (χ0n) is 7.75. The van der Waals surface area contributed by atoms with Crippen LogP contribution in [0.2, 0.25) is 5.02 Å². The van der Waals surface area contributed by atoms with Crippen molar-refractivity contribution in [1.82, 2.24) is 0 Å². The first-order chi connectivity index (χ1) is 6.60. The van der Waals surface area contributed by atoms with Gasteiger partial charge in [0.15, 0.2) is 0 Å². The van der Waals surface area contributed by atoms with Gasteiger partial charge in [0.25, 0.3) is 0 Å². The molecule has 5 heteroatoms. The molecule has 1 atom stereocenters. The van der Waals surface area contributed by atoms with Gasteiger partial charge in [-0.05, 0) is 24.6 Å². The van der Waals surface area contributed by atoms with Gasteiger partial charge in [-0.15, -0.1) is 0 Å². The molecule has 0 aliphatic rings. The zero-order chi connectivity index (χ0) is 10.7. The topological polar surface area (TPSA) is 85.1 Å². The van der Waals surface area contributed by atoms with Gasteiger partial charge in [-0.2, -0.15) is 0 Å². The summed E-state index contributed by atoms with van der Waals surface area (Å²) in [6.45, 7) is 1.76. The average molecular weight is 214 g/mol. The normalized spacial score (nSPS) is 12.5. The lowest BCUT2D eigenvalue weighted by Gasteiger charge is -2.14. The molecular weight excluding hydrogens is 202 g/mol. The van der Waals surface area contributed by atoms with Gasteiger partial charge >= 0.3 is 0 Å². The van der Waals surface area contributed by atoms with Gasteiger partial charge in [0, 0.05) is 22.5 Å². The number of hydrogen-bond acceptors (Lipinski definition) is 4. The molecule has 0 aliphatic heterocycles. The van der Waals surface area contributed by atoms with E-state index in [1.54, 1.807) is 19.1 Å². The summed E-state index contributed by atoms with van der Waals surface area (Å²) in [5.41, 5.74) is 7.45. The predicted molar refractivity (Wildman–Crippen MR) is 57.4 cm³/mol. The summed E-state index contributed by atoms with van der Waals surface area (Å²) in [6.07, 6.45) is 0.823. The average Bonchev–Trinajstić information content (AvgIpc) is 2.15. The van der Waals surface area contributed by atoms with E-state index in [9.17, 15) is 0 Å². The summed E-state index contributed by atoms with van der Waals surface area (Å²) < 4.78 is 0. The number of halogens is 1. The van der Waals surface area contributed by atoms with E-state index in [0.717, 1.165) is 6.21 Å².